The van der Waals surface area contributed by atoms with Crippen LogP contribution >= 0.6 is 0 Å². The molecular weight excluding hydrogens is 252 g/mol. The maximum Gasteiger partial charge on any atom is 0.222 e. The molecule has 0 aliphatic rings. The van der Waals surface area contributed by atoms with Crippen LogP contribution in [0.5, 0.6) is 0 Å². The summed E-state index contributed by atoms with van der Waals surface area (Å²) in [5.41, 5.74) is 11.0. The highest BCUT2D eigenvalue weighted by atomic mass is 19.2. The van der Waals surface area contributed by atoms with E-state index in [2.05, 4.69) is 9.97 Å². The Kier molecular flexibility index (Phi) is 3.00. The molecule has 0 saturated heterocycles. The fourth-order valence-corrected chi connectivity index (χ4v) is 1.70. The lowest BCUT2D eigenvalue weighted by molar-refractivity contribution is 0.510. The predicted octanol–water partition coefficient (Wildman–Crippen LogP) is 1.77. The van der Waals surface area contributed by atoms with Gasteiger partial charge in [0.15, 0.2) is 11.6 Å². The van der Waals surface area contributed by atoms with Crippen LogP contribution in [0.1, 0.15) is 11.1 Å². The van der Waals surface area contributed by atoms with Crippen molar-refractivity contribution in [2.45, 2.75) is 6.92 Å². The molecular formula is C12H9F2N5. The quantitative estimate of drug-likeness (QED) is 0.814. The lowest BCUT2D eigenvalue weighted by atomic mass is 10.0. The van der Waals surface area contributed by atoms with Gasteiger partial charge in [0, 0.05) is 5.56 Å². The second-order valence-corrected chi connectivity index (χ2v) is 3.91. The van der Waals surface area contributed by atoms with E-state index >= 15 is 0 Å². The normalized spacial score (nSPS) is 10.2. The molecule has 1 aromatic heterocycles. The first kappa shape index (κ1) is 12.7. The zero-order valence-electron chi connectivity index (χ0n) is 9.91. The Labute approximate surface area is 107 Å². The number of hydrogen-bond acceptors (Lipinski definition) is 5. The third-order valence-electron chi connectivity index (χ3n) is 2.49. The molecule has 0 spiro atoms. The van der Waals surface area contributed by atoms with Gasteiger partial charge in [0.25, 0.3) is 0 Å². The molecule has 0 atom stereocenters. The Morgan fingerprint density at radius 3 is 2.53 bits per heavy atom. The minimum absolute atomic E-state index is 0.118. The van der Waals surface area contributed by atoms with Gasteiger partial charge in [-0.05, 0) is 24.6 Å². The van der Waals surface area contributed by atoms with Crippen molar-refractivity contribution in [3.8, 4) is 17.3 Å². The van der Waals surface area contributed by atoms with Gasteiger partial charge in [-0.25, -0.2) is 13.8 Å². The standard InChI is InChI=1S/C12H9F2N5/c1-5-2-6(9(14)8(13)3-5)10-7(4-15)11(16)19-12(17)18-10/h2-3H,1H3,(H4,16,17,18,19). The summed E-state index contributed by atoms with van der Waals surface area (Å²) in [6.45, 7) is 1.59. The van der Waals surface area contributed by atoms with E-state index in [9.17, 15) is 8.78 Å². The average Bonchev–Trinajstić information content (AvgIpc) is 2.33. The molecule has 19 heavy (non-hydrogen) atoms. The second-order valence-electron chi connectivity index (χ2n) is 3.91. The molecule has 0 saturated carbocycles. The molecule has 0 bridgehead atoms. The van der Waals surface area contributed by atoms with Gasteiger partial charge in [0.1, 0.15) is 17.5 Å². The van der Waals surface area contributed by atoms with Gasteiger partial charge in [-0.2, -0.15) is 10.2 Å². The summed E-state index contributed by atoms with van der Waals surface area (Å²) in [6.07, 6.45) is 0. The molecule has 7 heteroatoms. The fourth-order valence-electron chi connectivity index (χ4n) is 1.70. The molecule has 0 aliphatic carbocycles. The summed E-state index contributed by atoms with van der Waals surface area (Å²) in [6, 6.07) is 4.16. The Bertz CT molecular complexity index is 706. The predicted molar refractivity (Wildman–Crippen MR) is 65.7 cm³/mol. The van der Waals surface area contributed by atoms with E-state index in [1.54, 1.807) is 13.0 Å². The SMILES string of the molecule is Cc1cc(F)c(F)c(-c2nc(N)nc(N)c2C#N)c1. The molecule has 2 aromatic rings. The third-order valence-corrected chi connectivity index (χ3v) is 2.49. The van der Waals surface area contributed by atoms with E-state index < -0.39 is 11.6 Å². The van der Waals surface area contributed by atoms with E-state index in [0.29, 0.717) is 5.56 Å². The maximum atomic E-state index is 13.8. The first-order valence-corrected chi connectivity index (χ1v) is 5.23. The Morgan fingerprint density at radius 1 is 1.21 bits per heavy atom. The van der Waals surface area contributed by atoms with Crippen LogP contribution in [0.15, 0.2) is 12.1 Å². The van der Waals surface area contributed by atoms with Crippen LogP contribution < -0.4 is 11.5 Å². The highest BCUT2D eigenvalue weighted by molar-refractivity contribution is 5.73. The topological polar surface area (TPSA) is 102 Å². The number of aryl methyl sites for hydroxylation is 1. The number of nitrogen functional groups attached to an aromatic ring is 2. The second kappa shape index (κ2) is 4.49. The monoisotopic (exact) mass is 261 g/mol. The van der Waals surface area contributed by atoms with Gasteiger partial charge < -0.3 is 11.5 Å². The van der Waals surface area contributed by atoms with E-state index in [4.69, 9.17) is 16.7 Å². The Balaban J connectivity index is 2.83. The molecule has 5 nitrogen and oxygen atoms in total. The zero-order chi connectivity index (χ0) is 14.2. The molecule has 4 N–H and O–H groups in total. The number of halogens is 2. The van der Waals surface area contributed by atoms with Gasteiger partial charge in [0.2, 0.25) is 5.95 Å². The molecule has 1 heterocycles. The minimum atomic E-state index is -1.11. The maximum absolute atomic E-state index is 13.8. The van der Waals surface area contributed by atoms with Crippen LogP contribution in [0.25, 0.3) is 11.3 Å². The van der Waals surface area contributed by atoms with Crippen molar-refractivity contribution in [1.29, 1.82) is 5.26 Å². The van der Waals surface area contributed by atoms with Crippen LogP contribution in [-0.4, -0.2) is 9.97 Å². The Morgan fingerprint density at radius 2 is 1.89 bits per heavy atom. The third kappa shape index (κ3) is 2.15. The van der Waals surface area contributed by atoms with Crippen molar-refractivity contribution in [2.75, 3.05) is 11.5 Å². The molecule has 2 rings (SSSR count). The molecule has 0 radical (unpaired) electrons. The number of aromatic nitrogens is 2. The summed E-state index contributed by atoms with van der Waals surface area (Å²) < 4.78 is 27.2. The van der Waals surface area contributed by atoms with Crippen LogP contribution in [0.3, 0.4) is 0 Å². The lowest BCUT2D eigenvalue weighted by Gasteiger charge is -2.09. The molecule has 0 unspecified atom stereocenters. The smallest absolute Gasteiger partial charge is 0.222 e. The molecule has 96 valence electrons. The van der Waals surface area contributed by atoms with E-state index in [1.807, 2.05) is 0 Å². The fraction of sp³-hybridized carbons (Fsp3) is 0.0833. The summed E-state index contributed by atoms with van der Waals surface area (Å²) in [7, 11) is 0. The van der Waals surface area contributed by atoms with Gasteiger partial charge in [-0.15, -0.1) is 0 Å². The number of anilines is 2. The van der Waals surface area contributed by atoms with E-state index in [-0.39, 0.29) is 28.6 Å². The van der Waals surface area contributed by atoms with Crippen LogP contribution in [0.4, 0.5) is 20.5 Å². The average molecular weight is 261 g/mol. The summed E-state index contributed by atoms with van der Waals surface area (Å²) in [5.74, 6) is -2.53. The molecule has 0 fully saturated rings. The number of rotatable bonds is 1. The molecule has 0 aliphatic heterocycles. The van der Waals surface area contributed by atoms with E-state index in [1.165, 1.54) is 6.07 Å². The number of benzene rings is 1. The van der Waals surface area contributed by atoms with Crippen LogP contribution in [-0.2, 0) is 0 Å². The van der Waals surface area contributed by atoms with Crippen LogP contribution in [0, 0.1) is 29.9 Å². The lowest BCUT2D eigenvalue weighted by Crippen LogP contribution is -2.06. The summed E-state index contributed by atoms with van der Waals surface area (Å²) in [4.78, 5) is 7.39. The first-order chi connectivity index (χ1) is 8.93. The van der Waals surface area contributed by atoms with Gasteiger partial charge in [-0.3, -0.25) is 0 Å². The Hall–Kier alpha value is -2.75. The van der Waals surface area contributed by atoms with Crippen molar-refractivity contribution in [3.05, 3.63) is 34.9 Å². The zero-order valence-corrected chi connectivity index (χ0v) is 9.91. The number of nitriles is 1. The van der Waals surface area contributed by atoms with Crippen molar-refractivity contribution >= 4 is 11.8 Å². The highest BCUT2D eigenvalue weighted by Gasteiger charge is 2.19. The highest BCUT2D eigenvalue weighted by Crippen LogP contribution is 2.29. The van der Waals surface area contributed by atoms with E-state index in [0.717, 1.165) is 6.07 Å². The number of hydrogen-bond donors (Lipinski definition) is 2. The molecule has 0 amide bonds. The van der Waals surface area contributed by atoms with Crippen molar-refractivity contribution in [1.82, 2.24) is 9.97 Å². The summed E-state index contributed by atoms with van der Waals surface area (Å²) in [5, 5.41) is 9.01. The number of nitrogens with zero attached hydrogens (tertiary/aromatic N) is 3. The summed E-state index contributed by atoms with van der Waals surface area (Å²) >= 11 is 0. The van der Waals surface area contributed by atoms with Gasteiger partial charge in [0.05, 0.1) is 5.69 Å². The van der Waals surface area contributed by atoms with Crippen molar-refractivity contribution < 1.29 is 8.78 Å². The first-order valence-electron chi connectivity index (χ1n) is 5.23. The van der Waals surface area contributed by atoms with Crippen LogP contribution in [0.2, 0.25) is 0 Å². The van der Waals surface area contributed by atoms with Crippen molar-refractivity contribution in [2.24, 2.45) is 0 Å². The van der Waals surface area contributed by atoms with Crippen molar-refractivity contribution in [3.63, 3.8) is 0 Å². The molecule has 1 aromatic carbocycles. The minimum Gasteiger partial charge on any atom is -0.382 e. The number of nitrogens with two attached hydrogens (primary N) is 2. The largest absolute Gasteiger partial charge is 0.382 e. The van der Waals surface area contributed by atoms with Gasteiger partial charge >= 0.3 is 0 Å². The van der Waals surface area contributed by atoms with Gasteiger partial charge in [-0.1, -0.05) is 0 Å².